The third-order valence-electron chi connectivity index (χ3n) is 1.86. The lowest BCUT2D eigenvalue weighted by Gasteiger charge is -2.01. The van der Waals surface area contributed by atoms with Gasteiger partial charge in [0, 0.05) is 6.54 Å². The van der Waals surface area contributed by atoms with E-state index in [1.54, 1.807) is 6.20 Å². The molecule has 0 fully saturated rings. The Morgan fingerprint density at radius 3 is 2.82 bits per heavy atom. The van der Waals surface area contributed by atoms with Crippen molar-refractivity contribution in [2.45, 2.75) is 33.2 Å². The first kappa shape index (κ1) is 8.11. The molecule has 0 aliphatic heterocycles. The maximum atomic E-state index is 5.63. The molecule has 2 N–H and O–H groups in total. The minimum absolute atomic E-state index is 0.793. The van der Waals surface area contributed by atoms with Crippen LogP contribution in [0.1, 0.15) is 25.5 Å². The van der Waals surface area contributed by atoms with E-state index in [9.17, 15) is 0 Å². The largest absolute Gasteiger partial charge is 0.396 e. The first-order chi connectivity index (χ1) is 5.25. The highest BCUT2D eigenvalue weighted by Gasteiger charge is 2.00. The Kier molecular flexibility index (Phi) is 2.52. The zero-order valence-corrected chi connectivity index (χ0v) is 7.17. The summed E-state index contributed by atoms with van der Waals surface area (Å²) in [7, 11) is 0. The van der Waals surface area contributed by atoms with Gasteiger partial charge in [0.25, 0.3) is 0 Å². The molecular formula is C8H15N3. The van der Waals surface area contributed by atoms with Gasteiger partial charge in [0.15, 0.2) is 0 Å². The van der Waals surface area contributed by atoms with Gasteiger partial charge in [-0.1, -0.05) is 13.3 Å². The average Bonchev–Trinajstić information content (AvgIpc) is 2.31. The van der Waals surface area contributed by atoms with E-state index in [4.69, 9.17) is 5.73 Å². The third kappa shape index (κ3) is 1.73. The predicted molar refractivity (Wildman–Crippen MR) is 46.3 cm³/mol. The smallest absolute Gasteiger partial charge is 0.0730 e. The molecule has 1 heterocycles. The molecule has 1 aromatic heterocycles. The summed E-state index contributed by atoms with van der Waals surface area (Å²) in [5, 5.41) is 4.14. The van der Waals surface area contributed by atoms with Crippen molar-refractivity contribution in [1.82, 2.24) is 9.78 Å². The number of nitrogen functional groups attached to an aromatic ring is 1. The van der Waals surface area contributed by atoms with E-state index >= 15 is 0 Å². The lowest BCUT2D eigenvalue weighted by Crippen LogP contribution is -2.02. The summed E-state index contributed by atoms with van der Waals surface area (Å²) in [5.41, 5.74) is 7.50. The molecule has 0 atom stereocenters. The van der Waals surface area contributed by atoms with Crippen LogP contribution in [0.5, 0.6) is 0 Å². The van der Waals surface area contributed by atoms with Gasteiger partial charge in [-0.25, -0.2) is 0 Å². The third-order valence-corrected chi connectivity index (χ3v) is 1.86. The molecule has 0 amide bonds. The van der Waals surface area contributed by atoms with Crippen molar-refractivity contribution in [2.75, 3.05) is 5.73 Å². The summed E-state index contributed by atoms with van der Waals surface area (Å²) in [6.07, 6.45) is 4.08. The summed E-state index contributed by atoms with van der Waals surface area (Å²) in [6.45, 7) is 5.15. The zero-order chi connectivity index (χ0) is 8.27. The maximum absolute atomic E-state index is 5.63. The normalized spacial score (nSPS) is 10.4. The van der Waals surface area contributed by atoms with Gasteiger partial charge in [0.05, 0.1) is 17.6 Å². The van der Waals surface area contributed by atoms with Crippen molar-refractivity contribution in [2.24, 2.45) is 0 Å². The topological polar surface area (TPSA) is 43.8 Å². The highest BCUT2D eigenvalue weighted by molar-refractivity contribution is 5.39. The first-order valence-corrected chi connectivity index (χ1v) is 4.03. The van der Waals surface area contributed by atoms with Crippen LogP contribution in [0.15, 0.2) is 6.20 Å². The molecule has 0 aliphatic carbocycles. The molecule has 0 radical (unpaired) electrons. The van der Waals surface area contributed by atoms with Crippen molar-refractivity contribution in [3.63, 3.8) is 0 Å². The standard InChI is InChI=1S/C8H15N3/c1-3-4-5-11-7(2)8(9)6-10-11/h6H,3-5,9H2,1-2H3. The van der Waals surface area contributed by atoms with Gasteiger partial charge in [-0.2, -0.15) is 5.10 Å². The molecular weight excluding hydrogens is 138 g/mol. The number of nitrogens with two attached hydrogens (primary N) is 1. The second-order valence-corrected chi connectivity index (χ2v) is 2.76. The van der Waals surface area contributed by atoms with Gasteiger partial charge in [0.2, 0.25) is 0 Å². The van der Waals surface area contributed by atoms with Gasteiger partial charge in [-0.05, 0) is 13.3 Å². The van der Waals surface area contributed by atoms with Crippen LogP contribution in [0, 0.1) is 6.92 Å². The molecule has 62 valence electrons. The number of aryl methyl sites for hydroxylation is 1. The van der Waals surface area contributed by atoms with Crippen LogP contribution in [-0.2, 0) is 6.54 Å². The maximum Gasteiger partial charge on any atom is 0.0730 e. The van der Waals surface area contributed by atoms with E-state index in [0.29, 0.717) is 0 Å². The highest BCUT2D eigenvalue weighted by Crippen LogP contribution is 2.08. The number of nitrogens with zero attached hydrogens (tertiary/aromatic N) is 2. The molecule has 1 rings (SSSR count). The minimum Gasteiger partial charge on any atom is -0.396 e. The SMILES string of the molecule is CCCCn1ncc(N)c1C. The first-order valence-electron chi connectivity index (χ1n) is 4.03. The Labute approximate surface area is 67.2 Å². The average molecular weight is 153 g/mol. The van der Waals surface area contributed by atoms with Gasteiger partial charge < -0.3 is 5.73 Å². The Bertz CT molecular complexity index is 227. The summed E-state index contributed by atoms with van der Waals surface area (Å²) in [5.74, 6) is 0. The zero-order valence-electron chi connectivity index (χ0n) is 7.17. The second-order valence-electron chi connectivity index (χ2n) is 2.76. The second kappa shape index (κ2) is 3.42. The van der Waals surface area contributed by atoms with Crippen molar-refractivity contribution in [1.29, 1.82) is 0 Å². The monoisotopic (exact) mass is 153 g/mol. The lowest BCUT2D eigenvalue weighted by atomic mass is 10.3. The predicted octanol–water partition coefficient (Wildman–Crippen LogP) is 1.57. The fourth-order valence-corrected chi connectivity index (χ4v) is 0.994. The molecule has 0 unspecified atom stereocenters. The van der Waals surface area contributed by atoms with E-state index < -0.39 is 0 Å². The van der Waals surface area contributed by atoms with Gasteiger partial charge in [-0.3, -0.25) is 4.68 Å². The number of aromatic nitrogens is 2. The number of rotatable bonds is 3. The number of hydrogen-bond donors (Lipinski definition) is 1. The van der Waals surface area contributed by atoms with Crippen molar-refractivity contribution < 1.29 is 0 Å². The molecule has 0 bridgehead atoms. The van der Waals surface area contributed by atoms with Crippen LogP contribution >= 0.6 is 0 Å². The number of hydrogen-bond acceptors (Lipinski definition) is 2. The van der Waals surface area contributed by atoms with Gasteiger partial charge in [0.1, 0.15) is 0 Å². The van der Waals surface area contributed by atoms with Gasteiger partial charge in [-0.15, -0.1) is 0 Å². The van der Waals surface area contributed by atoms with Crippen LogP contribution in [0.3, 0.4) is 0 Å². The van der Waals surface area contributed by atoms with E-state index in [0.717, 1.165) is 17.9 Å². The van der Waals surface area contributed by atoms with Crippen molar-refractivity contribution >= 4 is 5.69 Å². The summed E-state index contributed by atoms with van der Waals surface area (Å²) >= 11 is 0. The van der Waals surface area contributed by atoms with Gasteiger partial charge >= 0.3 is 0 Å². The van der Waals surface area contributed by atoms with Crippen LogP contribution in [0.25, 0.3) is 0 Å². The van der Waals surface area contributed by atoms with Crippen LogP contribution in [0.2, 0.25) is 0 Å². The van der Waals surface area contributed by atoms with Crippen LogP contribution < -0.4 is 5.73 Å². The van der Waals surface area contributed by atoms with Crippen LogP contribution in [-0.4, -0.2) is 9.78 Å². The summed E-state index contributed by atoms with van der Waals surface area (Å²) in [6, 6.07) is 0. The molecule has 3 heteroatoms. The Balaban J connectivity index is 2.63. The van der Waals surface area contributed by atoms with E-state index in [1.807, 2.05) is 11.6 Å². The Hall–Kier alpha value is -0.990. The number of anilines is 1. The molecule has 1 aromatic rings. The van der Waals surface area contributed by atoms with E-state index in [2.05, 4.69) is 12.0 Å². The van der Waals surface area contributed by atoms with Crippen LogP contribution in [0.4, 0.5) is 5.69 Å². The molecule has 11 heavy (non-hydrogen) atoms. The molecule has 0 aliphatic rings. The summed E-state index contributed by atoms with van der Waals surface area (Å²) in [4.78, 5) is 0. The minimum atomic E-state index is 0.793. The molecule has 0 saturated carbocycles. The Morgan fingerprint density at radius 2 is 2.36 bits per heavy atom. The number of unbranched alkanes of at least 4 members (excludes halogenated alkanes) is 1. The fraction of sp³-hybridized carbons (Fsp3) is 0.625. The molecule has 0 aromatic carbocycles. The molecule has 0 saturated heterocycles. The van der Waals surface area contributed by atoms with Crippen molar-refractivity contribution in [3.05, 3.63) is 11.9 Å². The molecule has 3 nitrogen and oxygen atoms in total. The van der Waals surface area contributed by atoms with Crippen molar-refractivity contribution in [3.8, 4) is 0 Å². The Morgan fingerprint density at radius 1 is 1.64 bits per heavy atom. The summed E-state index contributed by atoms with van der Waals surface area (Å²) < 4.78 is 1.96. The molecule has 0 spiro atoms. The highest BCUT2D eigenvalue weighted by atomic mass is 15.3. The van der Waals surface area contributed by atoms with E-state index in [1.165, 1.54) is 12.8 Å². The lowest BCUT2D eigenvalue weighted by molar-refractivity contribution is 0.559. The quantitative estimate of drug-likeness (QED) is 0.716. The van der Waals surface area contributed by atoms with E-state index in [-0.39, 0.29) is 0 Å². The fourth-order valence-electron chi connectivity index (χ4n) is 0.994.